The summed E-state index contributed by atoms with van der Waals surface area (Å²) >= 11 is 0. The highest BCUT2D eigenvalue weighted by Gasteiger charge is 2.17. The first-order chi connectivity index (χ1) is 9.11. The lowest BCUT2D eigenvalue weighted by Gasteiger charge is -2.22. The number of hydrogen-bond acceptors (Lipinski definition) is 1. The second-order valence-electron chi connectivity index (χ2n) is 7.01. The second-order valence-corrected chi connectivity index (χ2v) is 7.01. The number of carbonyl (C=O) groups is 1. The van der Waals surface area contributed by atoms with E-state index in [4.69, 9.17) is 0 Å². The van der Waals surface area contributed by atoms with Crippen LogP contribution in [-0.4, -0.2) is 5.78 Å². The third-order valence-electron chi connectivity index (χ3n) is 3.77. The molecule has 0 saturated carbocycles. The van der Waals surface area contributed by atoms with E-state index in [0.717, 1.165) is 12.0 Å². The largest absolute Gasteiger partial charge is 0.299 e. The van der Waals surface area contributed by atoms with Crippen molar-refractivity contribution in [2.45, 2.75) is 66.2 Å². The van der Waals surface area contributed by atoms with Crippen molar-refractivity contribution in [3.8, 4) is 0 Å². The summed E-state index contributed by atoms with van der Waals surface area (Å²) < 4.78 is 0. The molecule has 0 atom stereocenters. The first-order valence-corrected chi connectivity index (χ1v) is 7.38. The van der Waals surface area contributed by atoms with Crippen molar-refractivity contribution in [2.24, 2.45) is 0 Å². The highest BCUT2D eigenvalue weighted by Crippen LogP contribution is 2.27. The normalized spacial score (nSPS) is 11.5. The van der Waals surface area contributed by atoms with Crippen molar-refractivity contribution >= 4 is 5.78 Å². The summed E-state index contributed by atoms with van der Waals surface area (Å²) in [5.41, 5.74) is 6.24. The summed E-state index contributed by atoms with van der Waals surface area (Å²) in [5, 5.41) is 0. The molecule has 0 fully saturated rings. The Kier molecular flexibility index (Phi) is 5.33. The van der Waals surface area contributed by atoms with Crippen LogP contribution in [0.4, 0.5) is 0 Å². The van der Waals surface area contributed by atoms with Gasteiger partial charge in [-0.15, -0.1) is 6.58 Å². The fourth-order valence-electron chi connectivity index (χ4n) is 2.34. The molecule has 0 aliphatic rings. The van der Waals surface area contributed by atoms with Crippen LogP contribution in [0.1, 0.15) is 62.8 Å². The van der Waals surface area contributed by atoms with Gasteiger partial charge in [0.15, 0.2) is 0 Å². The minimum Gasteiger partial charge on any atom is -0.299 e. The SMILES string of the molecule is C=C(C)CCC(=O)Cc1c(C)cc(C(C)(C)C)cc1C. The maximum absolute atomic E-state index is 12.1. The summed E-state index contributed by atoms with van der Waals surface area (Å²) in [4.78, 5) is 12.1. The summed E-state index contributed by atoms with van der Waals surface area (Å²) in [6, 6.07) is 4.46. The van der Waals surface area contributed by atoms with Crippen molar-refractivity contribution in [1.82, 2.24) is 0 Å². The average Bonchev–Trinajstić information content (AvgIpc) is 2.29. The first-order valence-electron chi connectivity index (χ1n) is 7.38. The molecule has 20 heavy (non-hydrogen) atoms. The minimum atomic E-state index is 0.151. The molecule has 0 heterocycles. The van der Waals surface area contributed by atoms with Gasteiger partial charge in [0.1, 0.15) is 5.78 Å². The fraction of sp³-hybridized carbons (Fsp3) is 0.526. The Balaban J connectivity index is 2.92. The van der Waals surface area contributed by atoms with Gasteiger partial charge in [0.2, 0.25) is 0 Å². The maximum Gasteiger partial charge on any atom is 0.137 e. The van der Waals surface area contributed by atoms with Crippen molar-refractivity contribution in [2.75, 3.05) is 0 Å². The lowest BCUT2D eigenvalue weighted by molar-refractivity contribution is -0.118. The van der Waals surface area contributed by atoms with Crippen LogP contribution in [-0.2, 0) is 16.6 Å². The van der Waals surface area contributed by atoms with Gasteiger partial charge in [-0.2, -0.15) is 0 Å². The number of hydrogen-bond donors (Lipinski definition) is 0. The van der Waals surface area contributed by atoms with Gasteiger partial charge in [0.05, 0.1) is 0 Å². The van der Waals surface area contributed by atoms with Gasteiger partial charge in [-0.1, -0.05) is 38.5 Å². The Morgan fingerprint density at radius 3 is 2.00 bits per heavy atom. The van der Waals surface area contributed by atoms with Crippen molar-refractivity contribution in [1.29, 1.82) is 0 Å². The molecule has 110 valence electrons. The number of Topliss-reactive ketones (excluding diaryl/α,β-unsaturated/α-hetero) is 1. The second kappa shape index (κ2) is 6.39. The van der Waals surface area contributed by atoms with Crippen molar-refractivity contribution in [3.05, 3.63) is 46.5 Å². The molecule has 0 aliphatic carbocycles. The number of carbonyl (C=O) groups excluding carboxylic acids is 1. The minimum absolute atomic E-state index is 0.151. The molecule has 0 spiro atoms. The van der Waals surface area contributed by atoms with E-state index >= 15 is 0 Å². The molecule has 1 aromatic carbocycles. The molecule has 1 rings (SSSR count). The van der Waals surface area contributed by atoms with E-state index in [1.54, 1.807) is 0 Å². The van der Waals surface area contributed by atoms with Gasteiger partial charge < -0.3 is 0 Å². The van der Waals surface area contributed by atoms with Gasteiger partial charge in [-0.25, -0.2) is 0 Å². The Labute approximate surface area is 124 Å². The zero-order valence-electron chi connectivity index (χ0n) is 13.9. The molecule has 0 N–H and O–H groups in total. The number of ketones is 1. The van der Waals surface area contributed by atoms with E-state index in [2.05, 4.69) is 53.3 Å². The predicted molar refractivity (Wildman–Crippen MR) is 87.4 cm³/mol. The fourth-order valence-corrected chi connectivity index (χ4v) is 2.34. The molecule has 0 amide bonds. The van der Waals surface area contributed by atoms with Crippen molar-refractivity contribution in [3.63, 3.8) is 0 Å². The van der Waals surface area contributed by atoms with Gasteiger partial charge in [0.25, 0.3) is 0 Å². The van der Waals surface area contributed by atoms with E-state index in [1.165, 1.54) is 22.3 Å². The zero-order valence-corrected chi connectivity index (χ0v) is 13.9. The van der Waals surface area contributed by atoms with Gasteiger partial charge >= 0.3 is 0 Å². The zero-order chi connectivity index (χ0) is 15.5. The summed E-state index contributed by atoms with van der Waals surface area (Å²) in [7, 11) is 0. The molecule has 0 bridgehead atoms. The predicted octanol–water partition coefficient (Wildman–Crippen LogP) is 5.07. The number of benzene rings is 1. The van der Waals surface area contributed by atoms with E-state index in [1.807, 2.05) is 6.92 Å². The number of aryl methyl sites for hydroxylation is 2. The molecule has 0 radical (unpaired) electrons. The summed E-state index contributed by atoms with van der Waals surface area (Å²) in [6.45, 7) is 16.7. The first kappa shape index (κ1) is 16.7. The van der Waals surface area contributed by atoms with Crippen LogP contribution >= 0.6 is 0 Å². The van der Waals surface area contributed by atoms with Crippen LogP contribution in [0.3, 0.4) is 0 Å². The molecule has 0 saturated heterocycles. The van der Waals surface area contributed by atoms with Gasteiger partial charge in [-0.05, 0) is 54.9 Å². The Morgan fingerprint density at radius 2 is 1.60 bits per heavy atom. The smallest absolute Gasteiger partial charge is 0.137 e. The standard InChI is InChI=1S/C19H28O/c1-13(2)8-9-17(20)12-18-14(3)10-16(11-15(18)4)19(5,6)7/h10-11H,1,8-9,12H2,2-7H3. The van der Waals surface area contributed by atoms with Crippen LogP contribution < -0.4 is 0 Å². The topological polar surface area (TPSA) is 17.1 Å². The molecular formula is C19H28O. The Morgan fingerprint density at radius 1 is 1.10 bits per heavy atom. The van der Waals surface area contributed by atoms with E-state index in [-0.39, 0.29) is 5.41 Å². The highest BCUT2D eigenvalue weighted by molar-refractivity contribution is 5.81. The molecule has 1 nitrogen and oxygen atoms in total. The van der Waals surface area contributed by atoms with Crippen LogP contribution in [0.15, 0.2) is 24.3 Å². The Hall–Kier alpha value is -1.37. The molecular weight excluding hydrogens is 244 g/mol. The quantitative estimate of drug-likeness (QED) is 0.684. The van der Waals surface area contributed by atoms with E-state index in [9.17, 15) is 4.79 Å². The van der Waals surface area contributed by atoms with Crippen LogP contribution in [0.25, 0.3) is 0 Å². The van der Waals surface area contributed by atoms with Gasteiger partial charge in [-0.3, -0.25) is 4.79 Å². The van der Waals surface area contributed by atoms with E-state index in [0.29, 0.717) is 18.6 Å². The molecule has 1 aromatic rings. The maximum atomic E-state index is 12.1. The number of rotatable bonds is 5. The molecule has 0 aliphatic heterocycles. The highest BCUT2D eigenvalue weighted by atomic mass is 16.1. The molecule has 1 heteroatoms. The Bertz CT molecular complexity index is 492. The lowest BCUT2D eigenvalue weighted by Crippen LogP contribution is -2.13. The van der Waals surface area contributed by atoms with Gasteiger partial charge in [0, 0.05) is 12.8 Å². The van der Waals surface area contributed by atoms with E-state index < -0.39 is 0 Å². The summed E-state index contributed by atoms with van der Waals surface area (Å²) in [5.74, 6) is 0.308. The van der Waals surface area contributed by atoms with Crippen LogP contribution in [0, 0.1) is 13.8 Å². The number of allylic oxidation sites excluding steroid dienone is 1. The summed E-state index contributed by atoms with van der Waals surface area (Å²) in [6.07, 6.45) is 1.96. The monoisotopic (exact) mass is 272 g/mol. The average molecular weight is 272 g/mol. The molecule has 0 unspecified atom stereocenters. The lowest BCUT2D eigenvalue weighted by atomic mass is 9.83. The molecule has 0 aromatic heterocycles. The van der Waals surface area contributed by atoms with Crippen molar-refractivity contribution < 1.29 is 4.79 Å². The van der Waals surface area contributed by atoms with Crippen LogP contribution in [0.2, 0.25) is 0 Å². The third kappa shape index (κ3) is 4.63. The third-order valence-corrected chi connectivity index (χ3v) is 3.77. The van der Waals surface area contributed by atoms with Crippen LogP contribution in [0.5, 0.6) is 0 Å².